The fourth-order valence-electron chi connectivity index (χ4n) is 3.74. The molecule has 0 aliphatic carbocycles. The number of nitrogens with zero attached hydrogens (tertiary/aromatic N) is 5. The van der Waals surface area contributed by atoms with Gasteiger partial charge in [0, 0.05) is 36.5 Å². The zero-order valence-corrected chi connectivity index (χ0v) is 17.7. The number of hydrogen-bond donors (Lipinski definition) is 1. The van der Waals surface area contributed by atoms with E-state index in [1.807, 2.05) is 0 Å². The number of nitrogens with one attached hydrogen (secondary N) is 1. The van der Waals surface area contributed by atoms with Crippen LogP contribution in [0.1, 0.15) is 11.5 Å². The number of nitrogens with two attached hydrogens (primary N) is 1. The number of aromatic amines is 1. The van der Waals surface area contributed by atoms with Gasteiger partial charge in [-0.1, -0.05) is 5.16 Å². The first kappa shape index (κ1) is 20.4. The molecule has 0 spiro atoms. The van der Waals surface area contributed by atoms with Crippen molar-refractivity contribution >= 4 is 11.6 Å². The third kappa shape index (κ3) is 3.49. The summed E-state index contributed by atoms with van der Waals surface area (Å²) in [5.74, 6) is 0.268. The van der Waals surface area contributed by atoms with Crippen molar-refractivity contribution < 1.29 is 13.9 Å². The van der Waals surface area contributed by atoms with Gasteiger partial charge in [0.15, 0.2) is 0 Å². The van der Waals surface area contributed by atoms with Gasteiger partial charge in [-0.2, -0.15) is 4.68 Å². The van der Waals surface area contributed by atoms with E-state index in [-0.39, 0.29) is 29.5 Å². The predicted molar refractivity (Wildman–Crippen MR) is 117 cm³/mol. The molecule has 4 aromatic heterocycles. The minimum absolute atomic E-state index is 0.0467. The van der Waals surface area contributed by atoms with Crippen LogP contribution in [0.5, 0.6) is 0 Å². The number of rotatable bonds is 4. The van der Waals surface area contributed by atoms with E-state index in [2.05, 4.69) is 15.2 Å². The number of H-pyrrole nitrogens is 1. The van der Waals surface area contributed by atoms with Crippen LogP contribution < -0.4 is 22.0 Å². The summed E-state index contributed by atoms with van der Waals surface area (Å²) in [6.07, 6.45) is 1.64. The molecule has 5 aromatic rings. The van der Waals surface area contributed by atoms with Crippen molar-refractivity contribution in [3.63, 3.8) is 0 Å². The Morgan fingerprint density at radius 3 is 2.52 bits per heavy atom. The molecule has 0 aliphatic rings. The quantitative estimate of drug-likeness (QED) is 0.443. The van der Waals surface area contributed by atoms with Crippen molar-refractivity contribution in [1.29, 1.82) is 0 Å². The summed E-state index contributed by atoms with van der Waals surface area (Å²) in [6.45, 7) is 1.83. The number of fused-ring (bicyclic) bond motifs is 1. The van der Waals surface area contributed by atoms with Gasteiger partial charge in [0.1, 0.15) is 23.0 Å². The molecular formula is C22H19FN7O3+. The highest BCUT2D eigenvalue weighted by Crippen LogP contribution is 2.31. The lowest BCUT2D eigenvalue weighted by Crippen LogP contribution is -2.28. The van der Waals surface area contributed by atoms with Crippen molar-refractivity contribution in [1.82, 2.24) is 23.9 Å². The third-order valence-corrected chi connectivity index (χ3v) is 5.30. The molecule has 0 saturated carbocycles. The second-order valence-corrected chi connectivity index (χ2v) is 7.66. The predicted octanol–water partition coefficient (Wildman–Crippen LogP) is 1.41. The van der Waals surface area contributed by atoms with E-state index < -0.39 is 5.69 Å². The largest absolute Gasteiger partial charge is 0.411 e. The summed E-state index contributed by atoms with van der Waals surface area (Å²) >= 11 is 0. The lowest BCUT2D eigenvalue weighted by atomic mass is 10.0. The molecule has 11 heteroatoms. The van der Waals surface area contributed by atoms with Gasteiger partial charge in [-0.3, -0.25) is 10.5 Å². The first-order valence-electron chi connectivity index (χ1n) is 10.0. The highest BCUT2D eigenvalue weighted by Gasteiger charge is 2.26. The smallest absolute Gasteiger partial charge is 0.361 e. The topological polar surface area (TPSA) is 127 Å². The Bertz CT molecular complexity index is 1630. The maximum absolute atomic E-state index is 13.6. The average molecular weight is 448 g/mol. The summed E-state index contributed by atoms with van der Waals surface area (Å²) < 4.78 is 22.6. The molecule has 0 fully saturated rings. The molecule has 0 saturated heterocycles. The second-order valence-electron chi connectivity index (χ2n) is 7.66. The van der Waals surface area contributed by atoms with E-state index in [0.29, 0.717) is 33.8 Å². The van der Waals surface area contributed by atoms with Gasteiger partial charge in [0.25, 0.3) is 0 Å². The van der Waals surface area contributed by atoms with E-state index in [1.165, 1.54) is 31.8 Å². The van der Waals surface area contributed by atoms with Crippen LogP contribution in [-0.2, 0) is 13.6 Å². The molecule has 0 aliphatic heterocycles. The van der Waals surface area contributed by atoms with Crippen LogP contribution in [0.15, 0.2) is 62.8 Å². The molecule has 33 heavy (non-hydrogen) atoms. The summed E-state index contributed by atoms with van der Waals surface area (Å²) in [5.41, 5.74) is 8.66. The molecule has 4 heterocycles. The van der Waals surface area contributed by atoms with Crippen LogP contribution in [-0.4, -0.2) is 23.9 Å². The van der Waals surface area contributed by atoms with Crippen LogP contribution in [0.4, 0.5) is 10.3 Å². The van der Waals surface area contributed by atoms with Crippen molar-refractivity contribution in [3.8, 4) is 22.4 Å². The van der Waals surface area contributed by atoms with Crippen LogP contribution in [0.25, 0.3) is 28.0 Å². The molecule has 0 radical (unpaired) electrons. The van der Waals surface area contributed by atoms with E-state index in [9.17, 15) is 14.0 Å². The number of anilines is 1. The fraction of sp³-hybridized carbons (Fsp3) is 0.136. The van der Waals surface area contributed by atoms with Crippen molar-refractivity contribution in [2.75, 3.05) is 5.73 Å². The molecular weight excluding hydrogens is 429 g/mol. The van der Waals surface area contributed by atoms with Crippen LogP contribution >= 0.6 is 0 Å². The minimum Gasteiger partial charge on any atom is -0.361 e. The van der Waals surface area contributed by atoms with E-state index >= 15 is 0 Å². The van der Waals surface area contributed by atoms with Crippen molar-refractivity contribution in [2.45, 2.75) is 13.5 Å². The molecule has 5 rings (SSSR count). The molecule has 0 amide bonds. The lowest BCUT2D eigenvalue weighted by molar-refractivity contribution is -0.351. The Morgan fingerprint density at radius 1 is 1.12 bits per heavy atom. The van der Waals surface area contributed by atoms with E-state index in [0.717, 1.165) is 0 Å². The highest BCUT2D eigenvalue weighted by atomic mass is 19.1. The van der Waals surface area contributed by atoms with Crippen LogP contribution in [0.3, 0.4) is 0 Å². The maximum Gasteiger partial charge on any atom is 0.411 e. The van der Waals surface area contributed by atoms with Crippen LogP contribution in [0.2, 0.25) is 0 Å². The van der Waals surface area contributed by atoms with Crippen molar-refractivity contribution in [2.24, 2.45) is 7.05 Å². The maximum atomic E-state index is 13.6. The standard InChI is InChI=1S/C22H18FN7O3/c1-12-9-16(27-33-12)11-29-22(32)30-20(26-29)18(14-5-8-17(31)28(2)10-14)19(25-21(30)24)13-3-6-15(23)7-4-13/h3-10H,11H2,1-2H3,(H2,24,25)/p+1. The van der Waals surface area contributed by atoms with Crippen molar-refractivity contribution in [3.05, 3.63) is 86.8 Å². The van der Waals surface area contributed by atoms with Gasteiger partial charge >= 0.3 is 11.6 Å². The Balaban J connectivity index is 1.82. The first-order chi connectivity index (χ1) is 15.8. The summed E-state index contributed by atoms with van der Waals surface area (Å²) in [4.78, 5) is 28.2. The Labute approximate surface area is 185 Å². The van der Waals surface area contributed by atoms with Gasteiger partial charge < -0.3 is 9.09 Å². The Morgan fingerprint density at radius 2 is 1.85 bits per heavy atom. The van der Waals surface area contributed by atoms with Crippen LogP contribution in [0, 0.1) is 12.7 Å². The second kappa shape index (κ2) is 7.55. The zero-order chi connectivity index (χ0) is 23.3. The molecule has 0 atom stereocenters. The van der Waals surface area contributed by atoms with Gasteiger partial charge in [-0.25, -0.2) is 14.2 Å². The fourth-order valence-corrected chi connectivity index (χ4v) is 3.74. The van der Waals surface area contributed by atoms with Gasteiger partial charge in [0.05, 0.1) is 12.1 Å². The minimum atomic E-state index is -0.476. The van der Waals surface area contributed by atoms with E-state index in [1.54, 1.807) is 44.4 Å². The monoisotopic (exact) mass is 448 g/mol. The Hall–Kier alpha value is -4.54. The van der Waals surface area contributed by atoms with Gasteiger partial charge in [0.2, 0.25) is 11.2 Å². The van der Waals surface area contributed by atoms with E-state index in [4.69, 9.17) is 10.3 Å². The SMILES string of the molecule is Cc1cc(Cn2nc3c(-c4ccc(=O)n(C)c4)c(-c4ccc(F)cc4)[nH+]c(N)n3c2=O)no1. The summed E-state index contributed by atoms with van der Waals surface area (Å²) in [7, 11) is 1.62. The summed E-state index contributed by atoms with van der Waals surface area (Å²) in [6, 6.07) is 10.6. The van der Waals surface area contributed by atoms with Gasteiger partial charge in [-0.05, 0) is 37.3 Å². The third-order valence-electron chi connectivity index (χ3n) is 5.30. The molecule has 166 valence electrons. The number of aromatic nitrogens is 6. The lowest BCUT2D eigenvalue weighted by Gasteiger charge is -2.10. The average Bonchev–Trinajstić information content (AvgIpc) is 3.34. The molecule has 0 bridgehead atoms. The number of nitrogen functional groups attached to an aromatic ring is 1. The zero-order valence-electron chi connectivity index (χ0n) is 17.7. The number of halogens is 1. The first-order valence-corrected chi connectivity index (χ1v) is 10.0. The van der Waals surface area contributed by atoms with Gasteiger partial charge in [-0.15, -0.1) is 9.50 Å². The molecule has 0 unspecified atom stereocenters. The number of hydrogen-bond acceptors (Lipinski definition) is 6. The number of benzene rings is 1. The number of aryl methyl sites for hydroxylation is 2. The highest BCUT2D eigenvalue weighted by molar-refractivity contribution is 5.88. The molecule has 10 nitrogen and oxygen atoms in total. The Kier molecular flexibility index (Phi) is 4.66. The normalized spacial score (nSPS) is 11.4. The molecule has 3 N–H and O–H groups in total. The summed E-state index contributed by atoms with van der Waals surface area (Å²) in [5, 5.41) is 8.46. The number of pyridine rings is 1. The molecule has 1 aromatic carbocycles.